The number of anilines is 1. The second kappa shape index (κ2) is 5.41. The van der Waals surface area contributed by atoms with E-state index in [0.29, 0.717) is 15.9 Å². The Morgan fingerprint density at radius 1 is 1.44 bits per heavy atom. The first-order valence-corrected chi connectivity index (χ1v) is 8.12. The lowest BCUT2D eigenvalue weighted by molar-refractivity contribution is 0.358. The first-order valence-electron chi connectivity index (χ1n) is 6.17. The van der Waals surface area contributed by atoms with Gasteiger partial charge in [-0.3, -0.25) is 0 Å². The van der Waals surface area contributed by atoms with Gasteiger partial charge < -0.3 is 5.32 Å². The van der Waals surface area contributed by atoms with Crippen molar-refractivity contribution < 1.29 is 4.39 Å². The predicted molar refractivity (Wildman–Crippen MR) is 82.0 cm³/mol. The summed E-state index contributed by atoms with van der Waals surface area (Å²) < 4.78 is 13.9. The van der Waals surface area contributed by atoms with Crippen molar-refractivity contribution in [2.75, 3.05) is 16.8 Å². The van der Waals surface area contributed by atoms with Gasteiger partial charge in [-0.25, -0.2) is 4.39 Å². The zero-order valence-electron chi connectivity index (χ0n) is 11.0. The zero-order chi connectivity index (χ0) is 13.3. The smallest absolute Gasteiger partial charge is 0.137 e. The van der Waals surface area contributed by atoms with Gasteiger partial charge in [0.1, 0.15) is 5.82 Å². The Hall–Kier alpha value is -0.220. The van der Waals surface area contributed by atoms with Crippen LogP contribution in [0.25, 0.3) is 0 Å². The fourth-order valence-electron chi connectivity index (χ4n) is 2.38. The minimum Gasteiger partial charge on any atom is -0.381 e. The summed E-state index contributed by atoms with van der Waals surface area (Å²) in [6.45, 7) is 6.56. The van der Waals surface area contributed by atoms with Crippen molar-refractivity contribution in [3.63, 3.8) is 0 Å². The Bertz CT molecular complexity index is 448. The van der Waals surface area contributed by atoms with E-state index < -0.39 is 0 Å². The lowest BCUT2D eigenvalue weighted by Gasteiger charge is -2.35. The maximum Gasteiger partial charge on any atom is 0.137 e. The predicted octanol–water partition coefficient (Wildman–Crippen LogP) is 4.84. The van der Waals surface area contributed by atoms with E-state index in [1.54, 1.807) is 6.07 Å². The SMILES string of the molecule is Cc1cc(F)c(Br)cc1NC1CSCC(C)(C)C1. The van der Waals surface area contributed by atoms with Crippen LogP contribution in [0.15, 0.2) is 16.6 Å². The number of benzene rings is 1. The molecule has 0 saturated carbocycles. The Morgan fingerprint density at radius 3 is 2.83 bits per heavy atom. The van der Waals surface area contributed by atoms with Crippen molar-refractivity contribution in [3.8, 4) is 0 Å². The van der Waals surface area contributed by atoms with Crippen molar-refractivity contribution in [3.05, 3.63) is 28.0 Å². The fraction of sp³-hybridized carbons (Fsp3) is 0.571. The molecule has 1 saturated heterocycles. The maximum absolute atomic E-state index is 13.4. The van der Waals surface area contributed by atoms with Gasteiger partial charge >= 0.3 is 0 Å². The van der Waals surface area contributed by atoms with Crippen LogP contribution in [0, 0.1) is 18.2 Å². The van der Waals surface area contributed by atoms with Crippen LogP contribution in [-0.2, 0) is 0 Å². The molecule has 1 aromatic rings. The average Bonchev–Trinajstić information content (AvgIpc) is 2.24. The summed E-state index contributed by atoms with van der Waals surface area (Å²) in [5, 5.41) is 3.56. The van der Waals surface area contributed by atoms with Crippen LogP contribution in [0.4, 0.5) is 10.1 Å². The van der Waals surface area contributed by atoms with Gasteiger partial charge in [0.2, 0.25) is 0 Å². The fourth-order valence-corrected chi connectivity index (χ4v) is 3.99. The van der Waals surface area contributed by atoms with Crippen LogP contribution in [-0.4, -0.2) is 17.5 Å². The monoisotopic (exact) mass is 331 g/mol. The van der Waals surface area contributed by atoms with Gasteiger partial charge in [0.05, 0.1) is 4.47 Å². The molecule has 0 spiro atoms. The van der Waals surface area contributed by atoms with Gasteiger partial charge in [0.25, 0.3) is 0 Å². The summed E-state index contributed by atoms with van der Waals surface area (Å²) in [6.07, 6.45) is 1.16. The molecule has 1 aromatic carbocycles. The van der Waals surface area contributed by atoms with Gasteiger partial charge in [0, 0.05) is 17.5 Å². The van der Waals surface area contributed by atoms with E-state index in [1.165, 1.54) is 5.75 Å². The van der Waals surface area contributed by atoms with Crippen molar-refractivity contribution in [2.24, 2.45) is 5.41 Å². The number of rotatable bonds is 2. The highest BCUT2D eigenvalue weighted by molar-refractivity contribution is 9.10. The van der Waals surface area contributed by atoms with Gasteiger partial charge in [-0.15, -0.1) is 0 Å². The Morgan fingerprint density at radius 2 is 2.17 bits per heavy atom. The van der Waals surface area contributed by atoms with Crippen LogP contribution in [0.1, 0.15) is 25.8 Å². The minimum absolute atomic E-state index is 0.198. The summed E-state index contributed by atoms with van der Waals surface area (Å²) in [4.78, 5) is 0. The van der Waals surface area contributed by atoms with E-state index in [1.807, 2.05) is 24.8 Å². The number of hydrogen-bond acceptors (Lipinski definition) is 2. The van der Waals surface area contributed by atoms with Crippen molar-refractivity contribution in [1.29, 1.82) is 0 Å². The highest BCUT2D eigenvalue weighted by Crippen LogP contribution is 2.35. The molecular weight excluding hydrogens is 313 g/mol. The average molecular weight is 332 g/mol. The van der Waals surface area contributed by atoms with E-state index in [9.17, 15) is 4.39 Å². The Labute approximate surface area is 121 Å². The van der Waals surface area contributed by atoms with Crippen LogP contribution in [0.2, 0.25) is 0 Å². The molecular formula is C14H19BrFNS. The lowest BCUT2D eigenvalue weighted by atomic mass is 9.87. The first-order chi connectivity index (χ1) is 8.37. The minimum atomic E-state index is -0.198. The van der Waals surface area contributed by atoms with E-state index in [0.717, 1.165) is 23.4 Å². The first kappa shape index (κ1) is 14.2. The highest BCUT2D eigenvalue weighted by Gasteiger charge is 2.28. The quantitative estimate of drug-likeness (QED) is 0.832. The molecule has 1 nitrogen and oxygen atoms in total. The summed E-state index contributed by atoms with van der Waals surface area (Å²) in [6, 6.07) is 3.89. The molecule has 4 heteroatoms. The molecule has 1 heterocycles. The largest absolute Gasteiger partial charge is 0.381 e. The summed E-state index contributed by atoms with van der Waals surface area (Å²) in [7, 11) is 0. The van der Waals surface area contributed by atoms with Crippen LogP contribution in [0.5, 0.6) is 0 Å². The van der Waals surface area contributed by atoms with Gasteiger partial charge in [-0.1, -0.05) is 13.8 Å². The van der Waals surface area contributed by atoms with Gasteiger partial charge in [-0.2, -0.15) is 11.8 Å². The molecule has 1 atom stereocenters. The van der Waals surface area contributed by atoms with Gasteiger partial charge in [-0.05, 0) is 58.1 Å². The molecule has 1 fully saturated rings. The number of halogens is 2. The van der Waals surface area contributed by atoms with Crippen molar-refractivity contribution >= 4 is 33.4 Å². The molecule has 0 amide bonds. The number of hydrogen-bond donors (Lipinski definition) is 1. The third-order valence-corrected chi connectivity index (χ3v) is 5.47. The second-order valence-electron chi connectivity index (χ2n) is 5.81. The molecule has 0 aliphatic carbocycles. The molecule has 0 bridgehead atoms. The molecule has 1 aliphatic rings. The lowest BCUT2D eigenvalue weighted by Crippen LogP contribution is -2.35. The standard InChI is InChI=1S/C14H19BrFNS/c1-9-4-12(16)11(15)5-13(9)17-10-6-14(2,3)8-18-7-10/h4-5,10,17H,6-8H2,1-3H3. The molecule has 2 rings (SSSR count). The van der Waals surface area contributed by atoms with E-state index in [4.69, 9.17) is 0 Å². The van der Waals surface area contributed by atoms with Crippen LogP contribution < -0.4 is 5.32 Å². The molecule has 100 valence electrons. The number of nitrogens with one attached hydrogen (secondary N) is 1. The van der Waals surface area contributed by atoms with Gasteiger partial charge in [0.15, 0.2) is 0 Å². The molecule has 0 aromatic heterocycles. The number of aryl methyl sites for hydroxylation is 1. The second-order valence-corrected chi connectivity index (χ2v) is 7.69. The molecule has 1 unspecified atom stereocenters. The van der Waals surface area contributed by atoms with Crippen LogP contribution in [0.3, 0.4) is 0 Å². The van der Waals surface area contributed by atoms with E-state index in [-0.39, 0.29) is 5.82 Å². The molecule has 1 N–H and O–H groups in total. The zero-order valence-corrected chi connectivity index (χ0v) is 13.4. The highest BCUT2D eigenvalue weighted by atomic mass is 79.9. The number of thioether (sulfide) groups is 1. The van der Waals surface area contributed by atoms with Crippen LogP contribution >= 0.6 is 27.7 Å². The molecule has 18 heavy (non-hydrogen) atoms. The normalized spacial score (nSPS) is 22.8. The van der Waals surface area contributed by atoms with Crippen molar-refractivity contribution in [2.45, 2.75) is 33.2 Å². The Balaban J connectivity index is 2.12. The molecule has 1 aliphatic heterocycles. The summed E-state index contributed by atoms with van der Waals surface area (Å²) in [5.41, 5.74) is 2.38. The molecule has 0 radical (unpaired) electrons. The maximum atomic E-state index is 13.4. The summed E-state index contributed by atoms with van der Waals surface area (Å²) >= 11 is 5.24. The topological polar surface area (TPSA) is 12.0 Å². The summed E-state index contributed by atoms with van der Waals surface area (Å²) in [5.74, 6) is 2.14. The van der Waals surface area contributed by atoms with E-state index >= 15 is 0 Å². The Kier molecular flexibility index (Phi) is 4.27. The van der Waals surface area contributed by atoms with Crippen molar-refractivity contribution in [1.82, 2.24) is 0 Å². The third kappa shape index (κ3) is 3.41. The van der Waals surface area contributed by atoms with E-state index in [2.05, 4.69) is 35.1 Å². The third-order valence-electron chi connectivity index (χ3n) is 3.24.